The Kier molecular flexibility index (Phi) is 3.98. The predicted octanol–water partition coefficient (Wildman–Crippen LogP) is 4.58. The van der Waals surface area contributed by atoms with E-state index in [1.54, 1.807) is 0 Å². The highest BCUT2D eigenvalue weighted by Crippen LogP contribution is 2.37. The molecule has 0 heterocycles. The molecule has 0 fully saturated rings. The van der Waals surface area contributed by atoms with E-state index in [9.17, 15) is 4.79 Å². The molecule has 0 unspecified atom stereocenters. The molecule has 1 aliphatic carbocycles. The Morgan fingerprint density at radius 2 is 1.80 bits per heavy atom. The van der Waals surface area contributed by atoms with E-state index in [4.69, 9.17) is 4.74 Å². The number of carbonyl (C=O) groups is 1. The van der Waals surface area contributed by atoms with Gasteiger partial charge < -0.3 is 10.1 Å². The Balaban J connectivity index is 1.42. The van der Waals surface area contributed by atoms with Crippen molar-refractivity contribution in [2.24, 2.45) is 0 Å². The zero-order valence-corrected chi connectivity index (χ0v) is 14.1. The number of hydrogen-bond acceptors (Lipinski definition) is 2. The fourth-order valence-electron chi connectivity index (χ4n) is 3.27. The van der Waals surface area contributed by atoms with Gasteiger partial charge in [0.05, 0.1) is 0 Å². The van der Waals surface area contributed by atoms with Crippen LogP contribution in [0.1, 0.15) is 16.7 Å². The van der Waals surface area contributed by atoms with Crippen molar-refractivity contribution in [3.63, 3.8) is 0 Å². The van der Waals surface area contributed by atoms with Crippen molar-refractivity contribution in [2.75, 3.05) is 11.9 Å². The summed E-state index contributed by atoms with van der Waals surface area (Å²) in [7, 11) is 0. The first-order valence-corrected chi connectivity index (χ1v) is 8.39. The highest BCUT2D eigenvalue weighted by molar-refractivity contribution is 5.92. The zero-order chi connectivity index (χ0) is 17.2. The van der Waals surface area contributed by atoms with Gasteiger partial charge in [0.2, 0.25) is 0 Å². The lowest BCUT2D eigenvalue weighted by Crippen LogP contribution is -2.20. The Hall–Kier alpha value is -3.07. The van der Waals surface area contributed by atoms with Gasteiger partial charge >= 0.3 is 0 Å². The van der Waals surface area contributed by atoms with Crippen molar-refractivity contribution in [1.82, 2.24) is 0 Å². The predicted molar refractivity (Wildman–Crippen MR) is 100.0 cm³/mol. The molecule has 0 radical (unpaired) electrons. The number of benzene rings is 3. The van der Waals surface area contributed by atoms with Gasteiger partial charge in [-0.2, -0.15) is 0 Å². The van der Waals surface area contributed by atoms with Crippen molar-refractivity contribution >= 4 is 11.6 Å². The Morgan fingerprint density at radius 1 is 0.960 bits per heavy atom. The van der Waals surface area contributed by atoms with Crippen LogP contribution in [0.4, 0.5) is 5.69 Å². The summed E-state index contributed by atoms with van der Waals surface area (Å²) < 4.78 is 5.55. The van der Waals surface area contributed by atoms with Gasteiger partial charge in [0, 0.05) is 5.69 Å². The summed E-state index contributed by atoms with van der Waals surface area (Å²) >= 11 is 0. The third-order valence-electron chi connectivity index (χ3n) is 4.44. The molecular formula is C22H19NO2. The minimum Gasteiger partial charge on any atom is -0.484 e. The number of amides is 1. The SMILES string of the molecule is Cc1cccc(OCC(=O)Nc2ccc3c(c2)Cc2ccccc2-3)c1. The summed E-state index contributed by atoms with van der Waals surface area (Å²) in [6.07, 6.45) is 0.912. The van der Waals surface area contributed by atoms with Gasteiger partial charge in [0.25, 0.3) is 5.91 Å². The van der Waals surface area contributed by atoms with Crippen LogP contribution in [-0.2, 0) is 11.2 Å². The normalized spacial score (nSPS) is 11.6. The van der Waals surface area contributed by atoms with Gasteiger partial charge in [-0.05, 0) is 65.4 Å². The van der Waals surface area contributed by atoms with Crippen LogP contribution in [0.3, 0.4) is 0 Å². The molecule has 4 rings (SSSR count). The van der Waals surface area contributed by atoms with Crippen LogP contribution in [0.2, 0.25) is 0 Å². The van der Waals surface area contributed by atoms with Gasteiger partial charge in [-0.1, -0.05) is 42.5 Å². The van der Waals surface area contributed by atoms with E-state index < -0.39 is 0 Å². The molecule has 1 aliphatic rings. The molecule has 25 heavy (non-hydrogen) atoms. The van der Waals surface area contributed by atoms with Crippen LogP contribution in [0.5, 0.6) is 5.75 Å². The van der Waals surface area contributed by atoms with Crippen molar-refractivity contribution in [1.29, 1.82) is 0 Å². The topological polar surface area (TPSA) is 38.3 Å². The summed E-state index contributed by atoms with van der Waals surface area (Å²) in [6, 6.07) is 22.2. The molecule has 1 amide bonds. The first-order chi connectivity index (χ1) is 12.2. The van der Waals surface area contributed by atoms with Crippen LogP contribution in [0.15, 0.2) is 66.7 Å². The molecule has 0 aliphatic heterocycles. The van der Waals surface area contributed by atoms with Gasteiger partial charge in [-0.15, -0.1) is 0 Å². The fraction of sp³-hybridized carbons (Fsp3) is 0.136. The molecule has 0 bridgehead atoms. The van der Waals surface area contributed by atoms with Crippen molar-refractivity contribution < 1.29 is 9.53 Å². The lowest BCUT2D eigenvalue weighted by atomic mass is 10.1. The Morgan fingerprint density at radius 3 is 2.68 bits per heavy atom. The van der Waals surface area contributed by atoms with E-state index >= 15 is 0 Å². The van der Waals surface area contributed by atoms with Gasteiger partial charge in [-0.25, -0.2) is 0 Å². The fourth-order valence-corrected chi connectivity index (χ4v) is 3.27. The number of rotatable bonds is 4. The zero-order valence-electron chi connectivity index (χ0n) is 14.1. The van der Waals surface area contributed by atoms with Gasteiger partial charge in [0.1, 0.15) is 5.75 Å². The molecular weight excluding hydrogens is 310 g/mol. The molecule has 0 atom stereocenters. The smallest absolute Gasteiger partial charge is 0.262 e. The largest absolute Gasteiger partial charge is 0.484 e. The number of carbonyl (C=O) groups excluding carboxylic acids is 1. The van der Waals surface area contributed by atoms with Crippen LogP contribution in [0.25, 0.3) is 11.1 Å². The third kappa shape index (κ3) is 3.26. The van der Waals surface area contributed by atoms with Crippen LogP contribution >= 0.6 is 0 Å². The van der Waals surface area contributed by atoms with E-state index in [2.05, 4.69) is 41.7 Å². The first kappa shape index (κ1) is 15.5. The maximum absolute atomic E-state index is 12.2. The number of nitrogens with one attached hydrogen (secondary N) is 1. The lowest BCUT2D eigenvalue weighted by Gasteiger charge is -2.09. The van der Waals surface area contributed by atoms with E-state index in [0.717, 1.165) is 17.7 Å². The highest BCUT2D eigenvalue weighted by atomic mass is 16.5. The van der Waals surface area contributed by atoms with Crippen molar-refractivity contribution in [2.45, 2.75) is 13.3 Å². The molecule has 3 nitrogen and oxygen atoms in total. The Bertz CT molecular complexity index is 946. The lowest BCUT2D eigenvalue weighted by molar-refractivity contribution is -0.118. The van der Waals surface area contributed by atoms with Crippen LogP contribution in [0, 0.1) is 6.92 Å². The second-order valence-corrected chi connectivity index (χ2v) is 6.36. The van der Waals surface area contributed by atoms with Crippen molar-refractivity contribution in [3.8, 4) is 16.9 Å². The molecule has 0 spiro atoms. The standard InChI is InChI=1S/C22H19NO2/c1-15-5-4-7-19(11-15)25-14-22(24)23-18-9-10-21-17(13-18)12-16-6-2-3-8-20(16)21/h2-11,13H,12,14H2,1H3,(H,23,24). The molecule has 124 valence electrons. The summed E-state index contributed by atoms with van der Waals surface area (Å²) in [5.74, 6) is 0.552. The van der Waals surface area contributed by atoms with E-state index in [0.29, 0.717) is 5.75 Å². The summed E-state index contributed by atoms with van der Waals surface area (Å²) in [6.45, 7) is 2.00. The molecule has 1 N–H and O–H groups in total. The average Bonchev–Trinajstić information content (AvgIpc) is 2.98. The third-order valence-corrected chi connectivity index (χ3v) is 4.44. The van der Waals surface area contributed by atoms with Gasteiger partial charge in [-0.3, -0.25) is 4.79 Å². The second kappa shape index (κ2) is 6.44. The number of aryl methyl sites for hydroxylation is 1. The maximum Gasteiger partial charge on any atom is 0.262 e. The van der Waals surface area contributed by atoms with E-state index in [-0.39, 0.29) is 12.5 Å². The molecule has 3 heteroatoms. The number of ether oxygens (including phenoxy) is 1. The average molecular weight is 329 g/mol. The minimum absolute atomic E-state index is 0.000758. The number of fused-ring (bicyclic) bond motifs is 3. The van der Waals surface area contributed by atoms with E-state index in [1.807, 2.05) is 37.3 Å². The first-order valence-electron chi connectivity index (χ1n) is 8.39. The Labute approximate surface area is 147 Å². The monoisotopic (exact) mass is 329 g/mol. The summed E-state index contributed by atoms with van der Waals surface area (Å²) in [4.78, 5) is 12.2. The van der Waals surface area contributed by atoms with Crippen LogP contribution < -0.4 is 10.1 Å². The maximum atomic E-state index is 12.2. The molecule has 3 aromatic rings. The number of hydrogen-bond donors (Lipinski definition) is 1. The van der Waals surface area contributed by atoms with Crippen LogP contribution in [-0.4, -0.2) is 12.5 Å². The van der Waals surface area contributed by atoms with Crippen molar-refractivity contribution in [3.05, 3.63) is 83.4 Å². The quantitative estimate of drug-likeness (QED) is 0.595. The molecule has 0 saturated carbocycles. The van der Waals surface area contributed by atoms with Gasteiger partial charge in [0.15, 0.2) is 6.61 Å². The number of anilines is 1. The molecule has 0 saturated heterocycles. The summed E-state index contributed by atoms with van der Waals surface area (Å²) in [5.41, 5.74) is 7.05. The highest BCUT2D eigenvalue weighted by Gasteiger charge is 2.18. The minimum atomic E-state index is -0.156. The molecule has 3 aromatic carbocycles. The second-order valence-electron chi connectivity index (χ2n) is 6.36. The summed E-state index contributed by atoms with van der Waals surface area (Å²) in [5, 5.41) is 2.92. The van der Waals surface area contributed by atoms with E-state index in [1.165, 1.54) is 22.3 Å². The molecule has 0 aromatic heterocycles.